The van der Waals surface area contributed by atoms with Gasteiger partial charge in [0.1, 0.15) is 16.3 Å². The van der Waals surface area contributed by atoms with Gasteiger partial charge in [-0.15, -0.1) is 0 Å². The largest absolute Gasteiger partial charge is 0.462 e. The number of ether oxygens (including phenoxy) is 1. The smallest absolute Gasteiger partial charge is 0.350 e. The number of imidazole rings is 1. The van der Waals surface area contributed by atoms with Crippen LogP contribution in [-0.2, 0) is 4.74 Å². The summed E-state index contributed by atoms with van der Waals surface area (Å²) >= 11 is 1.24. The Morgan fingerprint density at radius 3 is 2.71 bits per heavy atom. The van der Waals surface area contributed by atoms with E-state index in [0.29, 0.717) is 33.5 Å². The summed E-state index contributed by atoms with van der Waals surface area (Å²) in [5.41, 5.74) is 4.93. The zero-order valence-electron chi connectivity index (χ0n) is 14.0. The zero-order valence-corrected chi connectivity index (χ0v) is 14.9. The molecule has 2 heterocycles. The second-order valence-corrected chi connectivity index (χ2v) is 6.61. The van der Waals surface area contributed by atoms with Gasteiger partial charge in [0.2, 0.25) is 0 Å². The fraction of sp³-hybridized carbons (Fsp3) is 0.278. The number of fused-ring (bicyclic) bond motifs is 1. The summed E-state index contributed by atoms with van der Waals surface area (Å²) in [5, 5.41) is 0. The number of benzene rings is 1. The maximum absolute atomic E-state index is 12.0. The first-order valence-corrected chi connectivity index (χ1v) is 8.51. The van der Waals surface area contributed by atoms with E-state index in [4.69, 9.17) is 4.74 Å². The molecule has 0 N–H and O–H groups in total. The molecule has 0 aliphatic carbocycles. The average molecular weight is 342 g/mol. The number of nitrogens with zero attached hydrogens (tertiary/aromatic N) is 2. The lowest BCUT2D eigenvalue weighted by Crippen LogP contribution is -2.05. The van der Waals surface area contributed by atoms with Gasteiger partial charge >= 0.3 is 5.97 Å². The fourth-order valence-electron chi connectivity index (χ4n) is 2.84. The second kappa shape index (κ2) is 6.20. The standard InChI is InChI=1S/C18H18N2O3S/c1-5-23-17(22)16-12(4)20-14(9-21)15(19-18(20)24-16)13-7-6-10(2)8-11(13)3/h6-9H,5H2,1-4H3. The highest BCUT2D eigenvalue weighted by Crippen LogP contribution is 2.32. The van der Waals surface area contributed by atoms with Crippen LogP contribution in [0.1, 0.15) is 43.9 Å². The van der Waals surface area contributed by atoms with Gasteiger partial charge in [0.05, 0.1) is 6.61 Å². The minimum atomic E-state index is -0.379. The van der Waals surface area contributed by atoms with Gasteiger partial charge in [-0.05, 0) is 33.3 Å². The van der Waals surface area contributed by atoms with Crippen molar-refractivity contribution in [2.24, 2.45) is 0 Å². The van der Waals surface area contributed by atoms with Crippen LogP contribution in [0, 0.1) is 20.8 Å². The summed E-state index contributed by atoms with van der Waals surface area (Å²) in [6.45, 7) is 7.91. The van der Waals surface area contributed by atoms with Crippen LogP contribution in [0.25, 0.3) is 16.2 Å². The molecular weight excluding hydrogens is 324 g/mol. The number of aryl methyl sites for hydroxylation is 3. The lowest BCUT2D eigenvalue weighted by molar-refractivity contribution is 0.0530. The molecule has 124 valence electrons. The van der Waals surface area contributed by atoms with Gasteiger partial charge in [0.25, 0.3) is 0 Å². The lowest BCUT2D eigenvalue weighted by atomic mass is 10.0. The minimum Gasteiger partial charge on any atom is -0.462 e. The Labute approximate surface area is 143 Å². The van der Waals surface area contributed by atoms with E-state index < -0.39 is 0 Å². The van der Waals surface area contributed by atoms with Crippen molar-refractivity contribution in [3.63, 3.8) is 0 Å². The molecule has 0 saturated carbocycles. The number of carbonyl (C=O) groups excluding carboxylic acids is 2. The molecule has 3 rings (SSSR count). The van der Waals surface area contributed by atoms with E-state index in [1.807, 2.05) is 26.0 Å². The highest BCUT2D eigenvalue weighted by molar-refractivity contribution is 7.19. The molecule has 0 amide bonds. The number of hydrogen-bond donors (Lipinski definition) is 0. The Hall–Kier alpha value is -2.47. The van der Waals surface area contributed by atoms with E-state index in [2.05, 4.69) is 11.1 Å². The van der Waals surface area contributed by atoms with Crippen LogP contribution in [0.3, 0.4) is 0 Å². The molecule has 1 aromatic carbocycles. The first-order chi connectivity index (χ1) is 11.5. The Morgan fingerprint density at radius 2 is 2.08 bits per heavy atom. The van der Waals surface area contributed by atoms with Crippen LogP contribution < -0.4 is 0 Å². The van der Waals surface area contributed by atoms with Crippen LogP contribution in [0.2, 0.25) is 0 Å². The molecule has 0 atom stereocenters. The van der Waals surface area contributed by atoms with Gasteiger partial charge < -0.3 is 4.74 Å². The van der Waals surface area contributed by atoms with Gasteiger partial charge in [-0.2, -0.15) is 0 Å². The first kappa shape index (κ1) is 16.4. The zero-order chi connectivity index (χ0) is 17.4. The van der Waals surface area contributed by atoms with Gasteiger partial charge in [-0.1, -0.05) is 35.1 Å². The summed E-state index contributed by atoms with van der Waals surface area (Å²) in [6.07, 6.45) is 0.795. The number of carbonyl (C=O) groups is 2. The van der Waals surface area contributed by atoms with E-state index in [0.717, 1.165) is 23.0 Å². The molecule has 5 nitrogen and oxygen atoms in total. The number of rotatable bonds is 4. The van der Waals surface area contributed by atoms with Crippen molar-refractivity contribution in [1.29, 1.82) is 0 Å². The Balaban J connectivity index is 2.22. The van der Waals surface area contributed by atoms with E-state index in [9.17, 15) is 9.59 Å². The first-order valence-electron chi connectivity index (χ1n) is 7.69. The van der Waals surface area contributed by atoms with Gasteiger partial charge in [-0.25, -0.2) is 9.78 Å². The molecule has 0 spiro atoms. The normalized spacial score (nSPS) is 11.0. The molecule has 6 heteroatoms. The van der Waals surface area contributed by atoms with Crippen molar-refractivity contribution in [2.75, 3.05) is 6.61 Å². The Kier molecular flexibility index (Phi) is 4.24. The monoisotopic (exact) mass is 342 g/mol. The Bertz CT molecular complexity index is 953. The lowest BCUT2D eigenvalue weighted by Gasteiger charge is -2.06. The quantitative estimate of drug-likeness (QED) is 0.531. The Morgan fingerprint density at radius 1 is 1.33 bits per heavy atom. The number of hydrogen-bond acceptors (Lipinski definition) is 5. The van der Waals surface area contributed by atoms with Gasteiger partial charge in [-0.3, -0.25) is 9.20 Å². The second-order valence-electron chi connectivity index (χ2n) is 5.64. The van der Waals surface area contributed by atoms with Crippen molar-refractivity contribution in [3.8, 4) is 11.3 Å². The topological polar surface area (TPSA) is 60.7 Å². The molecule has 0 radical (unpaired) electrons. The van der Waals surface area contributed by atoms with E-state index in [1.165, 1.54) is 11.3 Å². The fourth-order valence-corrected chi connectivity index (χ4v) is 3.87. The molecule has 2 aromatic heterocycles. The summed E-state index contributed by atoms with van der Waals surface area (Å²) in [4.78, 5) is 29.5. The molecule has 24 heavy (non-hydrogen) atoms. The van der Waals surface area contributed by atoms with Crippen molar-refractivity contribution in [3.05, 3.63) is 45.6 Å². The van der Waals surface area contributed by atoms with Crippen LogP contribution >= 0.6 is 11.3 Å². The summed E-state index contributed by atoms with van der Waals surface area (Å²) in [6, 6.07) is 6.04. The van der Waals surface area contributed by atoms with Crippen LogP contribution in [0.5, 0.6) is 0 Å². The molecule has 0 saturated heterocycles. The maximum atomic E-state index is 12.0. The summed E-state index contributed by atoms with van der Waals surface area (Å²) in [5.74, 6) is -0.379. The number of aldehydes is 1. The summed E-state index contributed by atoms with van der Waals surface area (Å²) in [7, 11) is 0. The van der Waals surface area contributed by atoms with E-state index in [1.54, 1.807) is 18.2 Å². The maximum Gasteiger partial charge on any atom is 0.350 e. The van der Waals surface area contributed by atoms with Crippen molar-refractivity contribution in [1.82, 2.24) is 9.38 Å². The molecule has 0 fully saturated rings. The highest BCUT2D eigenvalue weighted by Gasteiger charge is 2.23. The van der Waals surface area contributed by atoms with Crippen molar-refractivity contribution < 1.29 is 14.3 Å². The number of thiazole rings is 1. The third kappa shape index (κ3) is 2.53. The molecule has 0 unspecified atom stereocenters. The third-order valence-corrected chi connectivity index (χ3v) is 5.07. The predicted molar refractivity (Wildman–Crippen MR) is 94.1 cm³/mol. The van der Waals surface area contributed by atoms with E-state index >= 15 is 0 Å². The SMILES string of the molecule is CCOC(=O)c1sc2nc(-c3ccc(C)cc3C)c(C=O)n2c1C. The van der Waals surface area contributed by atoms with Crippen molar-refractivity contribution >= 4 is 28.6 Å². The molecule has 3 aromatic rings. The van der Waals surface area contributed by atoms with Crippen LogP contribution in [-0.4, -0.2) is 28.2 Å². The van der Waals surface area contributed by atoms with Crippen LogP contribution in [0.15, 0.2) is 18.2 Å². The molecular formula is C18H18N2O3S. The third-order valence-electron chi connectivity index (χ3n) is 3.95. The number of aromatic nitrogens is 2. The summed E-state index contributed by atoms with van der Waals surface area (Å²) < 4.78 is 6.81. The van der Waals surface area contributed by atoms with Crippen molar-refractivity contribution in [2.45, 2.75) is 27.7 Å². The average Bonchev–Trinajstić information content (AvgIpc) is 3.04. The predicted octanol–water partition coefficient (Wildman–Crippen LogP) is 3.98. The van der Waals surface area contributed by atoms with Crippen LogP contribution in [0.4, 0.5) is 0 Å². The van der Waals surface area contributed by atoms with E-state index in [-0.39, 0.29) is 5.97 Å². The highest BCUT2D eigenvalue weighted by atomic mass is 32.1. The number of esters is 1. The molecule has 0 aliphatic heterocycles. The van der Waals surface area contributed by atoms with Gasteiger partial charge in [0, 0.05) is 11.3 Å². The molecule has 0 bridgehead atoms. The minimum absolute atomic E-state index is 0.312. The van der Waals surface area contributed by atoms with Gasteiger partial charge in [0.15, 0.2) is 11.2 Å². The molecule has 0 aliphatic rings.